The van der Waals surface area contributed by atoms with Gasteiger partial charge in [-0.25, -0.2) is 9.37 Å². The number of benzene rings is 1. The maximum atomic E-state index is 13.7. The maximum Gasteiger partial charge on any atom is 0.198 e. The number of aryl methyl sites for hydroxylation is 1. The van der Waals surface area contributed by atoms with E-state index in [1.54, 1.807) is 6.92 Å². The molecule has 4 heteroatoms. The molecule has 0 radical (unpaired) electrons. The van der Waals surface area contributed by atoms with Crippen LogP contribution < -0.4 is 0 Å². The summed E-state index contributed by atoms with van der Waals surface area (Å²) in [5.74, 6) is 0.335. The van der Waals surface area contributed by atoms with Crippen LogP contribution in [0.3, 0.4) is 0 Å². The van der Waals surface area contributed by atoms with E-state index < -0.39 is 5.82 Å². The average molecular weight is 223 g/mol. The molecule has 1 heterocycles. The molecular weight excluding hydrogens is 209 g/mol. The van der Waals surface area contributed by atoms with Crippen LogP contribution in [0.4, 0.5) is 4.39 Å². The molecule has 1 N–H and O–H groups in total. The van der Waals surface area contributed by atoms with Crippen LogP contribution in [0.25, 0.3) is 11.1 Å². The van der Waals surface area contributed by atoms with Crippen LogP contribution in [-0.4, -0.2) is 10.1 Å². The number of hydrogen-bond acceptors (Lipinski definition) is 3. The first kappa shape index (κ1) is 11.1. The molecule has 1 aromatic heterocycles. The third-order valence-corrected chi connectivity index (χ3v) is 2.60. The highest BCUT2D eigenvalue weighted by Crippen LogP contribution is 2.27. The second kappa shape index (κ2) is 3.87. The summed E-state index contributed by atoms with van der Waals surface area (Å²) in [5.41, 5.74) is 1.74. The van der Waals surface area contributed by atoms with Gasteiger partial charge in [0.1, 0.15) is 11.3 Å². The predicted octanol–water partition coefficient (Wildman–Crippen LogP) is 2.89. The summed E-state index contributed by atoms with van der Waals surface area (Å²) in [6, 6.07) is 1.53. The fourth-order valence-corrected chi connectivity index (χ4v) is 1.65. The highest BCUT2D eigenvalue weighted by Gasteiger charge is 2.16. The number of fused-ring (bicyclic) bond motifs is 1. The lowest BCUT2D eigenvalue weighted by Gasteiger charge is -2.01. The summed E-state index contributed by atoms with van der Waals surface area (Å²) in [6.07, 6.45) is 0. The SMILES string of the molecule is Cc1c(F)c(CO)cc2nc(C(C)C)oc12. The van der Waals surface area contributed by atoms with Gasteiger partial charge in [0, 0.05) is 17.0 Å². The Morgan fingerprint density at radius 3 is 2.75 bits per heavy atom. The van der Waals surface area contributed by atoms with Gasteiger partial charge >= 0.3 is 0 Å². The summed E-state index contributed by atoms with van der Waals surface area (Å²) < 4.78 is 19.2. The van der Waals surface area contributed by atoms with Crippen LogP contribution in [0.5, 0.6) is 0 Å². The molecule has 0 unspecified atom stereocenters. The molecule has 16 heavy (non-hydrogen) atoms. The van der Waals surface area contributed by atoms with Crippen LogP contribution in [0.2, 0.25) is 0 Å². The van der Waals surface area contributed by atoms with E-state index in [1.807, 2.05) is 13.8 Å². The molecule has 0 spiro atoms. The lowest BCUT2D eigenvalue weighted by molar-refractivity contribution is 0.275. The zero-order chi connectivity index (χ0) is 11.9. The maximum absolute atomic E-state index is 13.7. The van der Waals surface area contributed by atoms with E-state index in [1.165, 1.54) is 6.07 Å². The van der Waals surface area contributed by atoms with E-state index in [-0.39, 0.29) is 18.1 Å². The molecule has 0 saturated heterocycles. The summed E-state index contributed by atoms with van der Waals surface area (Å²) in [7, 11) is 0. The highest BCUT2D eigenvalue weighted by molar-refractivity contribution is 5.77. The van der Waals surface area contributed by atoms with Crippen molar-refractivity contribution in [3.05, 3.63) is 28.9 Å². The van der Waals surface area contributed by atoms with E-state index in [4.69, 9.17) is 9.52 Å². The predicted molar refractivity (Wildman–Crippen MR) is 58.7 cm³/mol. The molecule has 0 saturated carbocycles. The van der Waals surface area contributed by atoms with E-state index >= 15 is 0 Å². The Hall–Kier alpha value is -1.42. The van der Waals surface area contributed by atoms with Gasteiger partial charge < -0.3 is 9.52 Å². The van der Waals surface area contributed by atoms with Gasteiger partial charge in [0.15, 0.2) is 11.5 Å². The monoisotopic (exact) mass is 223 g/mol. The fraction of sp³-hybridized carbons (Fsp3) is 0.417. The quantitative estimate of drug-likeness (QED) is 0.851. The van der Waals surface area contributed by atoms with Crippen LogP contribution in [-0.2, 0) is 6.61 Å². The first-order chi connectivity index (χ1) is 7.54. The minimum atomic E-state index is -0.415. The van der Waals surface area contributed by atoms with Gasteiger partial charge in [-0.05, 0) is 13.0 Å². The number of aliphatic hydroxyl groups excluding tert-OH is 1. The molecule has 0 amide bonds. The third kappa shape index (κ3) is 1.59. The first-order valence-corrected chi connectivity index (χ1v) is 5.23. The Morgan fingerprint density at radius 2 is 2.19 bits per heavy atom. The van der Waals surface area contributed by atoms with E-state index in [0.717, 1.165) is 0 Å². The van der Waals surface area contributed by atoms with Crippen molar-refractivity contribution < 1.29 is 13.9 Å². The number of nitrogens with zero attached hydrogens (tertiary/aromatic N) is 1. The van der Waals surface area contributed by atoms with Gasteiger partial charge in [0.05, 0.1) is 6.61 Å². The molecule has 3 nitrogen and oxygen atoms in total. The Labute approximate surface area is 92.9 Å². The van der Waals surface area contributed by atoms with E-state index in [0.29, 0.717) is 22.6 Å². The van der Waals surface area contributed by atoms with Crippen molar-refractivity contribution in [2.75, 3.05) is 0 Å². The Balaban J connectivity index is 2.72. The van der Waals surface area contributed by atoms with Crippen molar-refractivity contribution in [1.29, 1.82) is 0 Å². The standard InChI is InChI=1S/C12H14FNO2/c1-6(2)12-14-9-4-8(5-15)10(13)7(3)11(9)16-12/h4,6,15H,5H2,1-3H3. The number of oxazole rings is 1. The first-order valence-electron chi connectivity index (χ1n) is 5.23. The number of hydrogen-bond donors (Lipinski definition) is 1. The van der Waals surface area contributed by atoms with Gasteiger partial charge in [0.25, 0.3) is 0 Å². The van der Waals surface area contributed by atoms with Crippen LogP contribution in [0, 0.1) is 12.7 Å². The van der Waals surface area contributed by atoms with Gasteiger partial charge in [-0.3, -0.25) is 0 Å². The number of aromatic nitrogens is 1. The number of aliphatic hydroxyl groups is 1. The van der Waals surface area contributed by atoms with Crippen molar-refractivity contribution in [2.45, 2.75) is 33.3 Å². The van der Waals surface area contributed by atoms with Gasteiger partial charge in [-0.2, -0.15) is 0 Å². The van der Waals surface area contributed by atoms with Crippen LogP contribution >= 0.6 is 0 Å². The van der Waals surface area contributed by atoms with Crippen molar-refractivity contribution in [3.8, 4) is 0 Å². The Bertz CT molecular complexity index is 531. The van der Waals surface area contributed by atoms with Gasteiger partial charge in [0.2, 0.25) is 0 Å². The third-order valence-electron chi connectivity index (χ3n) is 2.60. The normalized spacial score (nSPS) is 11.6. The molecule has 86 valence electrons. The minimum Gasteiger partial charge on any atom is -0.440 e. The summed E-state index contributed by atoms with van der Waals surface area (Å²) in [5, 5.41) is 9.02. The average Bonchev–Trinajstić information content (AvgIpc) is 2.67. The van der Waals surface area contributed by atoms with Crippen molar-refractivity contribution in [3.63, 3.8) is 0 Å². The molecule has 0 bridgehead atoms. The van der Waals surface area contributed by atoms with Crippen molar-refractivity contribution in [2.24, 2.45) is 0 Å². The molecule has 0 aliphatic carbocycles. The van der Waals surface area contributed by atoms with Crippen molar-refractivity contribution >= 4 is 11.1 Å². The molecule has 2 rings (SSSR count). The second-order valence-electron chi connectivity index (χ2n) is 4.19. The lowest BCUT2D eigenvalue weighted by Crippen LogP contribution is -1.93. The highest BCUT2D eigenvalue weighted by atomic mass is 19.1. The molecule has 0 aliphatic heterocycles. The zero-order valence-electron chi connectivity index (χ0n) is 9.54. The van der Waals surface area contributed by atoms with Crippen molar-refractivity contribution in [1.82, 2.24) is 4.98 Å². The lowest BCUT2D eigenvalue weighted by atomic mass is 10.1. The number of rotatable bonds is 2. The van der Waals surface area contributed by atoms with E-state index in [2.05, 4.69) is 4.98 Å². The topological polar surface area (TPSA) is 46.3 Å². The molecule has 2 aromatic rings. The minimum absolute atomic E-state index is 0.160. The Morgan fingerprint density at radius 1 is 1.50 bits per heavy atom. The summed E-state index contributed by atoms with van der Waals surface area (Å²) in [6.45, 7) is 5.23. The molecular formula is C12H14FNO2. The summed E-state index contributed by atoms with van der Waals surface area (Å²) >= 11 is 0. The molecule has 0 atom stereocenters. The van der Waals surface area contributed by atoms with E-state index in [9.17, 15) is 4.39 Å². The molecule has 0 aliphatic rings. The summed E-state index contributed by atoms with van der Waals surface area (Å²) in [4.78, 5) is 4.28. The smallest absolute Gasteiger partial charge is 0.198 e. The Kier molecular flexibility index (Phi) is 2.68. The molecule has 1 aromatic carbocycles. The zero-order valence-corrected chi connectivity index (χ0v) is 9.54. The number of halogens is 1. The second-order valence-corrected chi connectivity index (χ2v) is 4.19. The van der Waals surface area contributed by atoms with Gasteiger partial charge in [-0.15, -0.1) is 0 Å². The fourth-order valence-electron chi connectivity index (χ4n) is 1.65. The molecule has 0 fully saturated rings. The van der Waals surface area contributed by atoms with Crippen LogP contribution in [0.15, 0.2) is 10.5 Å². The largest absolute Gasteiger partial charge is 0.440 e. The van der Waals surface area contributed by atoms with Gasteiger partial charge in [-0.1, -0.05) is 13.8 Å². The van der Waals surface area contributed by atoms with Crippen LogP contribution in [0.1, 0.15) is 36.8 Å².